The van der Waals surface area contributed by atoms with E-state index < -0.39 is 5.97 Å². The molecule has 0 unspecified atom stereocenters. The number of aromatic amines is 1. The lowest BCUT2D eigenvalue weighted by atomic mass is 10.2. The second kappa shape index (κ2) is 4.10. The van der Waals surface area contributed by atoms with Crippen LogP contribution in [0.4, 0.5) is 0 Å². The van der Waals surface area contributed by atoms with Gasteiger partial charge in [-0.1, -0.05) is 0 Å². The van der Waals surface area contributed by atoms with Crippen LogP contribution in [0.2, 0.25) is 0 Å². The van der Waals surface area contributed by atoms with Crippen molar-refractivity contribution < 1.29 is 9.90 Å². The number of hydrogen-bond acceptors (Lipinski definition) is 4. The first-order chi connectivity index (χ1) is 8.40. The van der Waals surface area contributed by atoms with Crippen molar-refractivity contribution in [2.75, 3.05) is 0 Å². The predicted molar refractivity (Wildman–Crippen MR) is 63.2 cm³/mol. The van der Waals surface area contributed by atoms with Crippen molar-refractivity contribution in [1.82, 2.24) is 19.7 Å². The molecule has 0 bridgehead atoms. The number of H-pyrrole nitrogens is 1. The Balaban J connectivity index is 2.69. The van der Waals surface area contributed by atoms with E-state index in [1.807, 2.05) is 0 Å². The van der Waals surface area contributed by atoms with Crippen molar-refractivity contribution in [3.8, 4) is 5.95 Å². The highest BCUT2D eigenvalue weighted by Gasteiger charge is 2.19. The van der Waals surface area contributed by atoms with Crippen molar-refractivity contribution >= 4 is 5.97 Å². The third kappa shape index (κ3) is 1.90. The maximum atomic E-state index is 11.4. The minimum absolute atomic E-state index is 0.124. The van der Waals surface area contributed by atoms with E-state index in [4.69, 9.17) is 5.11 Å². The molecule has 0 amide bonds. The number of aryl methyl sites for hydroxylation is 2. The van der Waals surface area contributed by atoms with E-state index in [0.717, 1.165) is 0 Å². The summed E-state index contributed by atoms with van der Waals surface area (Å²) in [7, 11) is 0. The minimum atomic E-state index is -1.05. The molecule has 2 rings (SSSR count). The Labute approximate surface area is 102 Å². The fraction of sp³-hybridized carbons (Fsp3) is 0.273. The normalized spacial score (nSPS) is 10.6. The zero-order chi connectivity index (χ0) is 13.4. The number of nitrogens with zero attached hydrogens (tertiary/aromatic N) is 3. The van der Waals surface area contributed by atoms with Gasteiger partial charge >= 0.3 is 5.97 Å². The Hall–Kier alpha value is -2.44. The van der Waals surface area contributed by atoms with Crippen molar-refractivity contribution in [1.29, 1.82) is 0 Å². The number of carboxylic acid groups (broad SMARTS) is 1. The molecule has 2 aromatic rings. The molecule has 2 aromatic heterocycles. The van der Waals surface area contributed by atoms with E-state index in [-0.39, 0.29) is 17.1 Å². The van der Waals surface area contributed by atoms with Gasteiger partial charge in [0.25, 0.3) is 5.56 Å². The van der Waals surface area contributed by atoms with Crippen LogP contribution in [0.5, 0.6) is 0 Å². The lowest BCUT2D eigenvalue weighted by Gasteiger charge is -2.03. The average Bonchev–Trinajstić information content (AvgIpc) is 2.52. The first-order valence-corrected chi connectivity index (χ1v) is 5.28. The number of aromatic carboxylic acids is 1. The van der Waals surface area contributed by atoms with Crippen molar-refractivity contribution in [3.63, 3.8) is 0 Å². The standard InChI is InChI=1S/C11H12N4O3/c1-5-4-8(16)13-11(12-5)15-7(3)9(10(17)18)6(2)14-15/h4H,1-3H3,(H,17,18)(H,12,13,16). The zero-order valence-corrected chi connectivity index (χ0v) is 10.2. The van der Waals surface area contributed by atoms with Crippen molar-refractivity contribution in [3.05, 3.63) is 39.1 Å². The van der Waals surface area contributed by atoms with Crippen molar-refractivity contribution in [2.45, 2.75) is 20.8 Å². The van der Waals surface area contributed by atoms with Crippen LogP contribution in [0.3, 0.4) is 0 Å². The summed E-state index contributed by atoms with van der Waals surface area (Å²) in [6.45, 7) is 4.90. The van der Waals surface area contributed by atoms with Gasteiger partial charge in [0.15, 0.2) is 0 Å². The highest BCUT2D eigenvalue weighted by molar-refractivity contribution is 5.90. The summed E-state index contributed by atoms with van der Waals surface area (Å²) in [5.74, 6) is -0.834. The molecule has 7 heteroatoms. The van der Waals surface area contributed by atoms with Gasteiger partial charge in [-0.25, -0.2) is 14.5 Å². The lowest BCUT2D eigenvalue weighted by molar-refractivity contribution is 0.0695. The summed E-state index contributed by atoms with van der Waals surface area (Å²) in [6.07, 6.45) is 0. The van der Waals surface area contributed by atoms with Crippen LogP contribution in [0, 0.1) is 20.8 Å². The Kier molecular flexibility index (Phi) is 2.74. The van der Waals surface area contributed by atoms with E-state index in [1.54, 1.807) is 20.8 Å². The van der Waals surface area contributed by atoms with Gasteiger partial charge in [-0.15, -0.1) is 0 Å². The molecule has 0 aliphatic carbocycles. The Bertz CT molecular complexity index is 684. The number of carbonyl (C=O) groups is 1. The average molecular weight is 248 g/mol. The van der Waals surface area contributed by atoms with Gasteiger partial charge in [0.1, 0.15) is 5.56 Å². The second-order valence-electron chi connectivity index (χ2n) is 3.97. The predicted octanol–water partition coefficient (Wildman–Crippen LogP) is 0.579. The quantitative estimate of drug-likeness (QED) is 0.809. The first-order valence-electron chi connectivity index (χ1n) is 5.28. The van der Waals surface area contributed by atoms with Crippen LogP contribution in [0.1, 0.15) is 27.4 Å². The van der Waals surface area contributed by atoms with Crippen LogP contribution in [0.25, 0.3) is 5.95 Å². The van der Waals surface area contributed by atoms with E-state index in [1.165, 1.54) is 10.7 Å². The van der Waals surface area contributed by atoms with Crippen LogP contribution in [0.15, 0.2) is 10.9 Å². The fourth-order valence-corrected chi connectivity index (χ4v) is 1.82. The molecule has 18 heavy (non-hydrogen) atoms. The summed E-state index contributed by atoms with van der Waals surface area (Å²) >= 11 is 0. The molecule has 2 N–H and O–H groups in total. The smallest absolute Gasteiger partial charge is 0.339 e. The minimum Gasteiger partial charge on any atom is -0.478 e. The van der Waals surface area contributed by atoms with Gasteiger partial charge in [0.2, 0.25) is 5.95 Å². The molecule has 0 atom stereocenters. The van der Waals surface area contributed by atoms with Gasteiger partial charge in [-0.3, -0.25) is 9.78 Å². The first kappa shape index (κ1) is 12.0. The second-order valence-corrected chi connectivity index (χ2v) is 3.97. The highest BCUT2D eigenvalue weighted by atomic mass is 16.4. The molecule has 0 spiro atoms. The molecular formula is C11H12N4O3. The maximum Gasteiger partial charge on any atom is 0.339 e. The molecule has 0 radical (unpaired) electrons. The molecule has 0 fully saturated rings. The SMILES string of the molecule is Cc1cc(=O)[nH]c(-n2nc(C)c(C(=O)O)c2C)n1. The molecule has 0 saturated heterocycles. The summed E-state index contributed by atoms with van der Waals surface area (Å²) in [4.78, 5) is 29.1. The van der Waals surface area contributed by atoms with Gasteiger partial charge in [0, 0.05) is 11.8 Å². The molecular weight excluding hydrogens is 236 g/mol. The van der Waals surface area contributed by atoms with Gasteiger partial charge in [-0.2, -0.15) is 5.10 Å². The number of rotatable bonds is 2. The number of carboxylic acids is 1. The molecule has 0 aliphatic heterocycles. The Morgan fingerprint density at radius 2 is 2.06 bits per heavy atom. The summed E-state index contributed by atoms with van der Waals surface area (Å²) in [5.41, 5.74) is 1.16. The van der Waals surface area contributed by atoms with Crippen LogP contribution in [-0.2, 0) is 0 Å². The van der Waals surface area contributed by atoms with Crippen LogP contribution in [-0.4, -0.2) is 30.8 Å². The van der Waals surface area contributed by atoms with Gasteiger partial charge in [0.05, 0.1) is 11.4 Å². The summed E-state index contributed by atoms with van der Waals surface area (Å²) < 4.78 is 1.33. The molecule has 2 heterocycles. The monoisotopic (exact) mass is 248 g/mol. The van der Waals surface area contributed by atoms with E-state index in [9.17, 15) is 9.59 Å². The molecule has 0 saturated carbocycles. The van der Waals surface area contributed by atoms with Crippen LogP contribution < -0.4 is 5.56 Å². The third-order valence-corrected chi connectivity index (χ3v) is 2.56. The van der Waals surface area contributed by atoms with E-state index in [2.05, 4.69) is 15.1 Å². The lowest BCUT2D eigenvalue weighted by Crippen LogP contribution is -2.15. The maximum absolute atomic E-state index is 11.4. The number of nitrogens with one attached hydrogen (secondary N) is 1. The zero-order valence-electron chi connectivity index (χ0n) is 10.2. The topological polar surface area (TPSA) is 101 Å². The Morgan fingerprint density at radius 1 is 1.39 bits per heavy atom. The molecule has 7 nitrogen and oxygen atoms in total. The third-order valence-electron chi connectivity index (χ3n) is 2.56. The Morgan fingerprint density at radius 3 is 2.56 bits per heavy atom. The van der Waals surface area contributed by atoms with Gasteiger partial charge < -0.3 is 5.11 Å². The molecule has 0 aromatic carbocycles. The van der Waals surface area contributed by atoms with E-state index in [0.29, 0.717) is 17.1 Å². The number of aromatic nitrogens is 4. The largest absolute Gasteiger partial charge is 0.478 e. The van der Waals surface area contributed by atoms with E-state index >= 15 is 0 Å². The summed E-state index contributed by atoms with van der Waals surface area (Å²) in [5, 5.41) is 13.2. The van der Waals surface area contributed by atoms with Crippen LogP contribution >= 0.6 is 0 Å². The van der Waals surface area contributed by atoms with Gasteiger partial charge in [-0.05, 0) is 20.8 Å². The van der Waals surface area contributed by atoms with Crippen molar-refractivity contribution in [2.24, 2.45) is 0 Å². The number of hydrogen-bond donors (Lipinski definition) is 2. The summed E-state index contributed by atoms with van der Waals surface area (Å²) in [6, 6.07) is 1.35. The fourth-order valence-electron chi connectivity index (χ4n) is 1.82. The molecule has 0 aliphatic rings. The molecule has 94 valence electrons. The highest BCUT2D eigenvalue weighted by Crippen LogP contribution is 2.15.